The molecule has 33 heavy (non-hydrogen) atoms. The molecular weight excluding hydrogens is 416 g/mol. The van der Waals surface area contributed by atoms with Gasteiger partial charge in [0.15, 0.2) is 11.9 Å². The van der Waals surface area contributed by atoms with E-state index < -0.39 is 6.17 Å². The van der Waals surface area contributed by atoms with Crippen LogP contribution in [0.25, 0.3) is 11.6 Å². The van der Waals surface area contributed by atoms with Crippen molar-refractivity contribution in [3.8, 4) is 17.7 Å². The topological polar surface area (TPSA) is 117 Å². The van der Waals surface area contributed by atoms with Crippen molar-refractivity contribution in [2.24, 2.45) is 4.99 Å². The zero-order valence-corrected chi connectivity index (χ0v) is 17.7. The summed E-state index contributed by atoms with van der Waals surface area (Å²) in [6.07, 6.45) is -0.665. The third-order valence-electron chi connectivity index (χ3n) is 5.36. The van der Waals surface area contributed by atoms with Crippen LogP contribution >= 0.6 is 0 Å². The number of aryl methyl sites for hydroxylation is 1. The highest BCUT2D eigenvalue weighted by atomic mass is 16.4. The third kappa shape index (κ3) is 4.00. The van der Waals surface area contributed by atoms with E-state index >= 15 is 0 Å². The summed E-state index contributed by atoms with van der Waals surface area (Å²) >= 11 is 0. The molecule has 160 valence electrons. The van der Waals surface area contributed by atoms with E-state index in [9.17, 15) is 4.79 Å². The lowest BCUT2D eigenvalue weighted by molar-refractivity contribution is -0.119. The molecule has 0 bridgehead atoms. The number of aliphatic imine (C=N–C) groups is 1. The molecule has 1 N–H and O–H groups in total. The number of benzene rings is 2. The lowest BCUT2D eigenvalue weighted by Gasteiger charge is -2.11. The average Bonchev–Trinajstić information content (AvgIpc) is 3.26. The highest BCUT2D eigenvalue weighted by Gasteiger charge is 2.27. The maximum Gasteiger partial charge on any atom is 0.317 e. The van der Waals surface area contributed by atoms with E-state index in [-0.39, 0.29) is 24.1 Å². The van der Waals surface area contributed by atoms with Gasteiger partial charge < -0.3 is 9.73 Å². The minimum atomic E-state index is -0.892. The van der Waals surface area contributed by atoms with E-state index in [2.05, 4.69) is 26.6 Å². The normalized spacial score (nSPS) is 15.2. The smallest absolute Gasteiger partial charge is 0.317 e. The summed E-state index contributed by atoms with van der Waals surface area (Å²) in [5.41, 5.74) is 4.95. The Hall–Kier alpha value is -4.64. The molecule has 5 rings (SSSR count). The second kappa shape index (κ2) is 8.48. The molecule has 2 aromatic carbocycles. The first-order valence-electron chi connectivity index (χ1n) is 10.3. The van der Waals surface area contributed by atoms with Crippen molar-refractivity contribution in [2.45, 2.75) is 19.5 Å². The second-order valence-electron chi connectivity index (χ2n) is 7.54. The molecule has 0 fully saturated rings. The summed E-state index contributed by atoms with van der Waals surface area (Å²) in [6, 6.07) is 22.9. The van der Waals surface area contributed by atoms with Crippen LogP contribution < -0.4 is 5.32 Å². The zero-order valence-electron chi connectivity index (χ0n) is 17.7. The molecular formula is C25H18N6O2. The quantitative estimate of drug-likeness (QED) is 0.520. The van der Waals surface area contributed by atoms with E-state index in [0.717, 1.165) is 22.4 Å². The molecule has 3 heterocycles. The minimum Gasteiger partial charge on any atom is -0.402 e. The number of nitrogens with zero attached hydrogens (tertiary/aromatic N) is 5. The van der Waals surface area contributed by atoms with Crippen LogP contribution in [-0.4, -0.2) is 32.8 Å². The number of rotatable bonds is 4. The summed E-state index contributed by atoms with van der Waals surface area (Å²) in [5.74, 6) is 0.0715. The molecule has 8 heteroatoms. The monoisotopic (exact) mass is 434 g/mol. The largest absolute Gasteiger partial charge is 0.402 e. The number of aromatic nitrogens is 3. The molecule has 4 aromatic rings. The summed E-state index contributed by atoms with van der Waals surface area (Å²) in [5, 5.41) is 20.1. The summed E-state index contributed by atoms with van der Waals surface area (Å²) in [6.45, 7) is 1.74. The molecule has 1 unspecified atom stereocenters. The Kier molecular flexibility index (Phi) is 5.21. The van der Waals surface area contributed by atoms with Gasteiger partial charge in [-0.05, 0) is 24.6 Å². The standard InChI is InChI=1S/C25H18N6O2/c1-15-18(14-26)11-12-20(27-15)24-30-31-25(33-24)29-23-21(32)13-17-9-5-6-10-19(17)22(28-23)16-7-3-2-4-8-16/h2-12,23H,13H2,1H3,(H,29,31). The summed E-state index contributed by atoms with van der Waals surface area (Å²) < 4.78 is 5.71. The fraction of sp³-hybridized carbons (Fsp3) is 0.120. The maximum atomic E-state index is 13.0. The van der Waals surface area contributed by atoms with Crippen LogP contribution in [0.5, 0.6) is 0 Å². The Bertz CT molecular complexity index is 1420. The third-order valence-corrected chi connectivity index (χ3v) is 5.36. The number of anilines is 1. The first kappa shape index (κ1) is 20.3. The van der Waals surface area contributed by atoms with Crippen LogP contribution in [-0.2, 0) is 11.2 Å². The first-order chi connectivity index (χ1) is 16.1. The van der Waals surface area contributed by atoms with Gasteiger partial charge in [0.2, 0.25) is 0 Å². The highest BCUT2D eigenvalue weighted by Crippen LogP contribution is 2.24. The van der Waals surface area contributed by atoms with E-state index in [1.807, 2.05) is 54.6 Å². The number of carbonyl (C=O) groups excluding carboxylic acids is 1. The van der Waals surface area contributed by atoms with Crippen LogP contribution in [0.3, 0.4) is 0 Å². The van der Waals surface area contributed by atoms with E-state index in [1.165, 1.54) is 0 Å². The minimum absolute atomic E-state index is 0.0641. The van der Waals surface area contributed by atoms with E-state index in [0.29, 0.717) is 17.0 Å². The van der Waals surface area contributed by atoms with Crippen molar-refractivity contribution in [2.75, 3.05) is 5.32 Å². The first-order valence-corrected chi connectivity index (χ1v) is 10.3. The maximum absolute atomic E-state index is 13.0. The van der Waals surface area contributed by atoms with Gasteiger partial charge in [-0.2, -0.15) is 5.26 Å². The number of hydrogen-bond donors (Lipinski definition) is 1. The fourth-order valence-electron chi connectivity index (χ4n) is 3.70. The van der Waals surface area contributed by atoms with Gasteiger partial charge >= 0.3 is 6.01 Å². The van der Waals surface area contributed by atoms with Crippen LogP contribution in [0.15, 0.2) is 76.1 Å². The van der Waals surface area contributed by atoms with Gasteiger partial charge in [-0.15, -0.1) is 5.10 Å². The van der Waals surface area contributed by atoms with Crippen LogP contribution in [0.2, 0.25) is 0 Å². The van der Waals surface area contributed by atoms with Crippen molar-refractivity contribution < 1.29 is 9.21 Å². The number of pyridine rings is 1. The molecule has 1 aliphatic heterocycles. The predicted octanol–water partition coefficient (Wildman–Crippen LogP) is 3.71. The molecule has 0 saturated heterocycles. The lowest BCUT2D eigenvalue weighted by Crippen LogP contribution is -2.29. The highest BCUT2D eigenvalue weighted by molar-refractivity contribution is 6.16. The van der Waals surface area contributed by atoms with Gasteiger partial charge in [0, 0.05) is 17.5 Å². The Labute approximate surface area is 189 Å². The van der Waals surface area contributed by atoms with Crippen molar-refractivity contribution in [1.29, 1.82) is 5.26 Å². The van der Waals surface area contributed by atoms with Crippen molar-refractivity contribution >= 4 is 17.5 Å². The number of hydrogen-bond acceptors (Lipinski definition) is 8. The predicted molar refractivity (Wildman–Crippen MR) is 122 cm³/mol. The van der Waals surface area contributed by atoms with Gasteiger partial charge in [-0.25, -0.2) is 4.98 Å². The van der Waals surface area contributed by atoms with Crippen molar-refractivity contribution in [3.63, 3.8) is 0 Å². The fourth-order valence-corrected chi connectivity index (χ4v) is 3.70. The Morgan fingerprint density at radius 2 is 1.82 bits per heavy atom. The molecule has 1 atom stereocenters. The Morgan fingerprint density at radius 1 is 1.03 bits per heavy atom. The number of fused-ring (bicyclic) bond motifs is 1. The number of ketones is 1. The summed E-state index contributed by atoms with van der Waals surface area (Å²) in [7, 11) is 0. The molecule has 0 spiro atoms. The number of Topliss-reactive ketones (excluding diaryl/α,β-unsaturated/α-hetero) is 1. The molecule has 2 aromatic heterocycles. The zero-order chi connectivity index (χ0) is 22.8. The van der Waals surface area contributed by atoms with Gasteiger partial charge in [0.05, 0.1) is 17.0 Å². The summed E-state index contributed by atoms with van der Waals surface area (Å²) in [4.78, 5) is 22.1. The van der Waals surface area contributed by atoms with Crippen molar-refractivity contribution in [1.82, 2.24) is 15.2 Å². The Morgan fingerprint density at radius 3 is 2.61 bits per heavy atom. The molecule has 0 amide bonds. The molecule has 1 aliphatic rings. The number of nitrogens with one attached hydrogen (secondary N) is 1. The van der Waals surface area contributed by atoms with Gasteiger partial charge in [-0.3, -0.25) is 9.79 Å². The van der Waals surface area contributed by atoms with Crippen LogP contribution in [0.1, 0.15) is 27.9 Å². The van der Waals surface area contributed by atoms with Gasteiger partial charge in [0.1, 0.15) is 11.8 Å². The number of carbonyl (C=O) groups is 1. The SMILES string of the molecule is Cc1nc(-c2nnc(NC3N=C(c4ccccc4)c4ccccc4CC3=O)o2)ccc1C#N. The van der Waals surface area contributed by atoms with Gasteiger partial charge in [0.25, 0.3) is 5.89 Å². The van der Waals surface area contributed by atoms with Crippen molar-refractivity contribution in [3.05, 3.63) is 94.7 Å². The van der Waals surface area contributed by atoms with Crippen LogP contribution in [0, 0.1) is 18.3 Å². The lowest BCUT2D eigenvalue weighted by atomic mass is 9.96. The van der Waals surface area contributed by atoms with E-state index in [4.69, 9.17) is 14.7 Å². The Balaban J connectivity index is 1.48. The molecule has 0 aliphatic carbocycles. The van der Waals surface area contributed by atoms with Gasteiger partial charge in [-0.1, -0.05) is 59.7 Å². The van der Waals surface area contributed by atoms with E-state index in [1.54, 1.807) is 19.1 Å². The van der Waals surface area contributed by atoms with Crippen LogP contribution in [0.4, 0.5) is 6.01 Å². The molecule has 0 radical (unpaired) electrons. The number of nitriles is 1. The molecule has 0 saturated carbocycles. The average molecular weight is 434 g/mol. The molecule has 8 nitrogen and oxygen atoms in total. The second-order valence-corrected chi connectivity index (χ2v) is 7.54.